The number of nitrogens with zero attached hydrogens (tertiary/aromatic N) is 1. The molecule has 1 saturated carbocycles. The maximum absolute atomic E-state index is 6.24. The molecule has 0 unspecified atom stereocenters. The summed E-state index contributed by atoms with van der Waals surface area (Å²) in [5.74, 6) is 1.41. The molecule has 1 aliphatic carbocycles. The average molecular weight is 230 g/mol. The molecule has 0 saturated heterocycles. The summed E-state index contributed by atoms with van der Waals surface area (Å²) in [5.41, 5.74) is 7.61. The van der Waals surface area contributed by atoms with Crippen LogP contribution in [-0.2, 0) is 5.41 Å². The van der Waals surface area contributed by atoms with E-state index in [2.05, 4.69) is 49.2 Å². The predicted molar refractivity (Wildman–Crippen MR) is 73.3 cm³/mol. The Labute approximate surface area is 104 Å². The van der Waals surface area contributed by atoms with Crippen LogP contribution in [0.5, 0.6) is 0 Å². The van der Waals surface area contributed by atoms with E-state index in [4.69, 9.17) is 5.73 Å². The number of hydrogen-bond donors (Lipinski definition) is 1. The molecule has 0 atom stereocenters. The fourth-order valence-corrected chi connectivity index (χ4v) is 2.41. The van der Waals surface area contributed by atoms with Crippen molar-refractivity contribution in [2.75, 3.05) is 6.54 Å². The van der Waals surface area contributed by atoms with E-state index in [-0.39, 0.29) is 5.41 Å². The number of aliphatic imine (C=N–C) groups is 1. The zero-order chi connectivity index (χ0) is 12.3. The Kier molecular flexibility index (Phi) is 3.51. The van der Waals surface area contributed by atoms with E-state index in [0.29, 0.717) is 5.92 Å². The van der Waals surface area contributed by atoms with Crippen molar-refractivity contribution < 1.29 is 0 Å². The second kappa shape index (κ2) is 4.91. The fraction of sp³-hybridized carbons (Fsp3) is 0.533. The van der Waals surface area contributed by atoms with E-state index in [1.54, 1.807) is 0 Å². The zero-order valence-electron chi connectivity index (χ0n) is 10.8. The smallest absolute Gasteiger partial charge is 0.104 e. The number of amidine groups is 1. The van der Waals surface area contributed by atoms with Crippen LogP contribution in [0.15, 0.2) is 35.3 Å². The minimum absolute atomic E-state index is 0.0378. The lowest BCUT2D eigenvalue weighted by atomic mass is 9.63. The van der Waals surface area contributed by atoms with Crippen molar-refractivity contribution in [1.82, 2.24) is 0 Å². The highest BCUT2D eigenvalue weighted by atomic mass is 14.9. The standard InChI is InChI=1S/C15H22N2/c1-12(2)11-17-14(16)15(9-6-10-15)13-7-4-3-5-8-13/h3-5,7-8,12H,6,9-11H2,1-2H3,(H2,16,17). The van der Waals surface area contributed by atoms with E-state index >= 15 is 0 Å². The van der Waals surface area contributed by atoms with Crippen LogP contribution >= 0.6 is 0 Å². The van der Waals surface area contributed by atoms with E-state index < -0.39 is 0 Å². The first-order valence-corrected chi connectivity index (χ1v) is 6.51. The van der Waals surface area contributed by atoms with E-state index in [9.17, 15) is 0 Å². The molecule has 1 fully saturated rings. The molecule has 2 N–H and O–H groups in total. The first kappa shape index (κ1) is 12.2. The third-order valence-electron chi connectivity index (χ3n) is 3.65. The van der Waals surface area contributed by atoms with Crippen LogP contribution < -0.4 is 5.73 Å². The Morgan fingerprint density at radius 1 is 1.29 bits per heavy atom. The molecule has 1 aromatic carbocycles. The van der Waals surface area contributed by atoms with Crippen LogP contribution in [-0.4, -0.2) is 12.4 Å². The van der Waals surface area contributed by atoms with Gasteiger partial charge in [0.2, 0.25) is 0 Å². The van der Waals surface area contributed by atoms with Gasteiger partial charge in [0.1, 0.15) is 5.84 Å². The van der Waals surface area contributed by atoms with Gasteiger partial charge in [0.25, 0.3) is 0 Å². The summed E-state index contributed by atoms with van der Waals surface area (Å²) in [7, 11) is 0. The molecule has 17 heavy (non-hydrogen) atoms. The highest BCUT2D eigenvalue weighted by Crippen LogP contribution is 2.43. The molecular formula is C15H22N2. The second-order valence-corrected chi connectivity index (χ2v) is 5.42. The zero-order valence-corrected chi connectivity index (χ0v) is 10.8. The van der Waals surface area contributed by atoms with Crippen molar-refractivity contribution in [3.63, 3.8) is 0 Å². The molecule has 1 aromatic rings. The summed E-state index contributed by atoms with van der Waals surface area (Å²) in [4.78, 5) is 4.59. The quantitative estimate of drug-likeness (QED) is 0.626. The topological polar surface area (TPSA) is 38.4 Å². The summed E-state index contributed by atoms with van der Waals surface area (Å²) >= 11 is 0. The summed E-state index contributed by atoms with van der Waals surface area (Å²) in [5, 5.41) is 0. The molecule has 92 valence electrons. The van der Waals surface area contributed by atoms with Crippen molar-refractivity contribution in [3.8, 4) is 0 Å². The number of benzene rings is 1. The highest BCUT2D eigenvalue weighted by Gasteiger charge is 2.42. The van der Waals surface area contributed by atoms with E-state index in [1.165, 1.54) is 12.0 Å². The maximum Gasteiger partial charge on any atom is 0.104 e. The molecule has 0 aliphatic heterocycles. The predicted octanol–water partition coefficient (Wildman–Crippen LogP) is 3.12. The molecule has 0 heterocycles. The van der Waals surface area contributed by atoms with Crippen molar-refractivity contribution >= 4 is 5.84 Å². The summed E-state index contributed by atoms with van der Waals surface area (Å²) in [6.45, 7) is 5.18. The van der Waals surface area contributed by atoms with Gasteiger partial charge < -0.3 is 5.73 Å². The van der Waals surface area contributed by atoms with Gasteiger partial charge >= 0.3 is 0 Å². The highest BCUT2D eigenvalue weighted by molar-refractivity contribution is 5.92. The molecule has 0 amide bonds. The Morgan fingerprint density at radius 3 is 2.41 bits per heavy atom. The van der Waals surface area contributed by atoms with Crippen molar-refractivity contribution in [1.29, 1.82) is 0 Å². The summed E-state index contributed by atoms with van der Waals surface area (Å²) in [6, 6.07) is 10.6. The number of rotatable bonds is 4. The van der Waals surface area contributed by atoms with E-state index in [0.717, 1.165) is 25.2 Å². The van der Waals surface area contributed by atoms with Crippen LogP contribution in [0.3, 0.4) is 0 Å². The maximum atomic E-state index is 6.24. The third-order valence-corrected chi connectivity index (χ3v) is 3.65. The second-order valence-electron chi connectivity index (χ2n) is 5.42. The van der Waals surface area contributed by atoms with Crippen LogP contribution in [0.4, 0.5) is 0 Å². The van der Waals surface area contributed by atoms with Gasteiger partial charge in [0, 0.05) is 6.54 Å². The van der Waals surface area contributed by atoms with Gasteiger partial charge in [-0.3, -0.25) is 4.99 Å². The Hall–Kier alpha value is -1.31. The third kappa shape index (κ3) is 2.36. The monoisotopic (exact) mass is 230 g/mol. The van der Waals surface area contributed by atoms with Gasteiger partial charge in [0.15, 0.2) is 0 Å². The lowest BCUT2D eigenvalue weighted by Gasteiger charge is -2.42. The van der Waals surface area contributed by atoms with Gasteiger partial charge in [-0.2, -0.15) is 0 Å². The summed E-state index contributed by atoms with van der Waals surface area (Å²) < 4.78 is 0. The first-order valence-electron chi connectivity index (χ1n) is 6.51. The SMILES string of the molecule is CC(C)CN=C(N)C1(c2ccccc2)CCC1. The Morgan fingerprint density at radius 2 is 1.94 bits per heavy atom. The van der Waals surface area contributed by atoms with Crippen LogP contribution in [0.2, 0.25) is 0 Å². The number of hydrogen-bond acceptors (Lipinski definition) is 1. The van der Waals surface area contributed by atoms with Gasteiger partial charge in [-0.05, 0) is 24.3 Å². The first-order chi connectivity index (χ1) is 8.15. The lowest BCUT2D eigenvalue weighted by molar-refractivity contribution is 0.337. The van der Waals surface area contributed by atoms with Crippen LogP contribution in [0, 0.1) is 5.92 Å². The normalized spacial score (nSPS) is 19.1. The Bertz CT molecular complexity index is 389. The van der Waals surface area contributed by atoms with Gasteiger partial charge in [-0.25, -0.2) is 0 Å². The molecule has 2 heteroatoms. The van der Waals surface area contributed by atoms with Gasteiger partial charge in [-0.1, -0.05) is 50.6 Å². The molecule has 0 radical (unpaired) electrons. The van der Waals surface area contributed by atoms with Crippen LogP contribution in [0.1, 0.15) is 38.7 Å². The number of nitrogens with two attached hydrogens (primary N) is 1. The fourth-order valence-electron chi connectivity index (χ4n) is 2.41. The average Bonchev–Trinajstić information content (AvgIpc) is 2.26. The molecule has 2 rings (SSSR count). The van der Waals surface area contributed by atoms with Crippen molar-refractivity contribution in [2.45, 2.75) is 38.5 Å². The molecule has 0 spiro atoms. The van der Waals surface area contributed by atoms with E-state index in [1.807, 2.05) is 0 Å². The van der Waals surface area contributed by atoms with Gasteiger partial charge in [-0.15, -0.1) is 0 Å². The molecule has 0 aromatic heterocycles. The minimum atomic E-state index is 0.0378. The lowest BCUT2D eigenvalue weighted by Crippen LogP contribution is -2.47. The summed E-state index contributed by atoms with van der Waals surface area (Å²) in [6.07, 6.45) is 3.54. The Balaban J connectivity index is 2.23. The molecular weight excluding hydrogens is 208 g/mol. The van der Waals surface area contributed by atoms with Crippen LogP contribution in [0.25, 0.3) is 0 Å². The van der Waals surface area contributed by atoms with Crippen molar-refractivity contribution in [3.05, 3.63) is 35.9 Å². The molecule has 1 aliphatic rings. The largest absolute Gasteiger partial charge is 0.387 e. The van der Waals surface area contributed by atoms with Crippen molar-refractivity contribution in [2.24, 2.45) is 16.6 Å². The molecule has 0 bridgehead atoms. The molecule has 2 nitrogen and oxygen atoms in total. The van der Waals surface area contributed by atoms with Gasteiger partial charge in [0.05, 0.1) is 5.41 Å². The minimum Gasteiger partial charge on any atom is -0.387 e.